The molecule has 2 aromatic heterocycles. The maximum Gasteiger partial charge on any atom is 0.330 e. The smallest absolute Gasteiger partial charge is 0.330 e. The predicted molar refractivity (Wildman–Crippen MR) is 78.8 cm³/mol. The van der Waals surface area contributed by atoms with Crippen LogP contribution in [0.4, 0.5) is 11.9 Å². The second-order valence-electron chi connectivity index (χ2n) is 4.96. The van der Waals surface area contributed by atoms with Gasteiger partial charge in [0.15, 0.2) is 0 Å². The zero-order chi connectivity index (χ0) is 14.7. The first-order valence-electron chi connectivity index (χ1n) is 7.19. The fraction of sp³-hybridized carbons (Fsp3) is 0.538. The number of aromatic nitrogens is 5. The van der Waals surface area contributed by atoms with Crippen molar-refractivity contribution < 1.29 is 4.74 Å². The van der Waals surface area contributed by atoms with Crippen LogP contribution in [-0.2, 0) is 0 Å². The van der Waals surface area contributed by atoms with Gasteiger partial charge in [-0.25, -0.2) is 0 Å². The van der Waals surface area contributed by atoms with Crippen LogP contribution >= 0.6 is 0 Å². The van der Waals surface area contributed by atoms with Gasteiger partial charge < -0.3 is 15.0 Å². The van der Waals surface area contributed by atoms with Crippen LogP contribution in [0.2, 0.25) is 0 Å². The number of anilines is 2. The maximum absolute atomic E-state index is 5.62. The predicted octanol–water partition coefficient (Wildman–Crippen LogP) is 1.73. The molecule has 3 heterocycles. The SMILES string of the molecule is CCNc1nc(Oc2cc(C)[nH]n2)nc(N2CCCC2)n1. The van der Waals surface area contributed by atoms with Crippen LogP contribution in [0.5, 0.6) is 11.9 Å². The van der Waals surface area contributed by atoms with E-state index in [1.54, 1.807) is 6.07 Å². The molecular formula is C13H19N7O. The third kappa shape index (κ3) is 3.21. The standard InChI is InChI=1S/C13H19N7O/c1-3-14-11-15-12(20-6-4-5-7-20)17-13(16-11)21-10-8-9(2)18-19-10/h8H,3-7H2,1-2H3,(H,18,19)(H,14,15,16,17). The minimum Gasteiger partial charge on any atom is -0.403 e. The van der Waals surface area contributed by atoms with Crippen molar-refractivity contribution in [1.82, 2.24) is 25.1 Å². The molecule has 112 valence electrons. The van der Waals surface area contributed by atoms with Gasteiger partial charge in [-0.1, -0.05) is 0 Å². The first-order chi connectivity index (χ1) is 10.2. The Labute approximate surface area is 123 Å². The molecule has 1 aliphatic heterocycles. The van der Waals surface area contributed by atoms with E-state index in [0.717, 1.165) is 38.2 Å². The number of nitrogens with zero attached hydrogens (tertiary/aromatic N) is 5. The lowest BCUT2D eigenvalue weighted by Gasteiger charge is -2.16. The zero-order valence-corrected chi connectivity index (χ0v) is 12.3. The summed E-state index contributed by atoms with van der Waals surface area (Å²) in [5.41, 5.74) is 0.922. The van der Waals surface area contributed by atoms with Crippen molar-refractivity contribution in [3.63, 3.8) is 0 Å². The fourth-order valence-electron chi connectivity index (χ4n) is 2.23. The van der Waals surface area contributed by atoms with Crippen molar-refractivity contribution in [1.29, 1.82) is 0 Å². The molecule has 0 saturated carbocycles. The molecule has 1 saturated heterocycles. The number of H-pyrrole nitrogens is 1. The quantitative estimate of drug-likeness (QED) is 0.866. The van der Waals surface area contributed by atoms with Gasteiger partial charge in [0.1, 0.15) is 0 Å². The lowest BCUT2D eigenvalue weighted by Crippen LogP contribution is -2.21. The monoisotopic (exact) mass is 289 g/mol. The summed E-state index contributed by atoms with van der Waals surface area (Å²) >= 11 is 0. The molecule has 0 unspecified atom stereocenters. The molecule has 0 atom stereocenters. The van der Waals surface area contributed by atoms with E-state index in [-0.39, 0.29) is 6.01 Å². The summed E-state index contributed by atoms with van der Waals surface area (Å²) in [6.45, 7) is 6.58. The first kappa shape index (κ1) is 13.6. The minimum absolute atomic E-state index is 0.259. The Morgan fingerprint density at radius 2 is 2.10 bits per heavy atom. The average Bonchev–Trinajstić information content (AvgIpc) is 3.11. The molecule has 0 amide bonds. The van der Waals surface area contributed by atoms with Gasteiger partial charge in [0.2, 0.25) is 17.8 Å². The molecule has 21 heavy (non-hydrogen) atoms. The van der Waals surface area contributed by atoms with Crippen molar-refractivity contribution in [3.05, 3.63) is 11.8 Å². The third-order valence-corrected chi connectivity index (χ3v) is 3.21. The largest absolute Gasteiger partial charge is 0.403 e. The lowest BCUT2D eigenvalue weighted by molar-refractivity contribution is 0.422. The Hall–Kier alpha value is -2.38. The summed E-state index contributed by atoms with van der Waals surface area (Å²) in [6, 6.07) is 2.06. The van der Waals surface area contributed by atoms with E-state index >= 15 is 0 Å². The van der Waals surface area contributed by atoms with Gasteiger partial charge in [-0.15, -0.1) is 5.10 Å². The highest BCUT2D eigenvalue weighted by atomic mass is 16.5. The maximum atomic E-state index is 5.62. The molecule has 1 fully saturated rings. The van der Waals surface area contributed by atoms with Crippen molar-refractivity contribution >= 4 is 11.9 Å². The van der Waals surface area contributed by atoms with Gasteiger partial charge in [0.25, 0.3) is 0 Å². The van der Waals surface area contributed by atoms with Crippen LogP contribution < -0.4 is 15.0 Å². The highest BCUT2D eigenvalue weighted by Crippen LogP contribution is 2.22. The number of aryl methyl sites for hydroxylation is 1. The van der Waals surface area contributed by atoms with Crippen LogP contribution in [0.3, 0.4) is 0 Å². The average molecular weight is 289 g/mol. The summed E-state index contributed by atoms with van der Waals surface area (Å²) in [4.78, 5) is 15.2. The van der Waals surface area contributed by atoms with Gasteiger partial charge >= 0.3 is 6.01 Å². The molecule has 0 spiro atoms. The molecule has 1 aliphatic rings. The van der Waals surface area contributed by atoms with E-state index in [2.05, 4.69) is 35.4 Å². The number of rotatable bonds is 5. The van der Waals surface area contributed by atoms with Gasteiger partial charge in [0.05, 0.1) is 0 Å². The summed E-state index contributed by atoms with van der Waals surface area (Å²) in [7, 11) is 0. The van der Waals surface area contributed by atoms with Crippen LogP contribution in [0, 0.1) is 6.92 Å². The highest BCUT2D eigenvalue weighted by molar-refractivity contribution is 5.39. The Kier molecular flexibility index (Phi) is 3.85. The second kappa shape index (κ2) is 5.94. The van der Waals surface area contributed by atoms with Crippen LogP contribution in [0.25, 0.3) is 0 Å². The van der Waals surface area contributed by atoms with Crippen LogP contribution in [-0.4, -0.2) is 44.8 Å². The van der Waals surface area contributed by atoms with E-state index in [0.29, 0.717) is 17.8 Å². The van der Waals surface area contributed by atoms with E-state index in [1.807, 2.05) is 13.8 Å². The Bertz CT molecular complexity index is 606. The molecule has 0 radical (unpaired) electrons. The second-order valence-corrected chi connectivity index (χ2v) is 4.96. The number of aromatic amines is 1. The number of hydrogen-bond acceptors (Lipinski definition) is 7. The highest BCUT2D eigenvalue weighted by Gasteiger charge is 2.18. The normalized spacial score (nSPS) is 14.5. The van der Waals surface area contributed by atoms with Crippen molar-refractivity contribution in [2.75, 3.05) is 29.9 Å². The van der Waals surface area contributed by atoms with Crippen molar-refractivity contribution in [2.24, 2.45) is 0 Å². The molecular weight excluding hydrogens is 270 g/mol. The summed E-state index contributed by atoms with van der Waals surface area (Å²) in [5, 5.41) is 9.96. The topological polar surface area (TPSA) is 91.8 Å². The number of hydrogen-bond donors (Lipinski definition) is 2. The third-order valence-electron chi connectivity index (χ3n) is 3.21. The molecule has 8 heteroatoms. The Balaban J connectivity index is 1.86. The van der Waals surface area contributed by atoms with Gasteiger partial charge in [-0.3, -0.25) is 5.10 Å². The number of ether oxygens (including phenoxy) is 1. The van der Waals surface area contributed by atoms with E-state index in [9.17, 15) is 0 Å². The van der Waals surface area contributed by atoms with E-state index in [4.69, 9.17) is 4.74 Å². The summed E-state index contributed by atoms with van der Waals surface area (Å²) < 4.78 is 5.62. The van der Waals surface area contributed by atoms with Gasteiger partial charge in [0, 0.05) is 31.4 Å². The molecule has 2 N–H and O–H groups in total. The molecule has 2 aromatic rings. The van der Waals surface area contributed by atoms with Gasteiger partial charge in [-0.2, -0.15) is 15.0 Å². The molecule has 3 rings (SSSR count). The number of nitrogens with one attached hydrogen (secondary N) is 2. The van der Waals surface area contributed by atoms with Crippen LogP contribution in [0.15, 0.2) is 6.07 Å². The minimum atomic E-state index is 0.259. The Morgan fingerprint density at radius 3 is 2.76 bits per heavy atom. The van der Waals surface area contributed by atoms with Crippen molar-refractivity contribution in [2.45, 2.75) is 26.7 Å². The van der Waals surface area contributed by atoms with Gasteiger partial charge in [-0.05, 0) is 26.7 Å². The van der Waals surface area contributed by atoms with Crippen molar-refractivity contribution in [3.8, 4) is 11.9 Å². The lowest BCUT2D eigenvalue weighted by atomic mass is 10.4. The van der Waals surface area contributed by atoms with Crippen LogP contribution in [0.1, 0.15) is 25.5 Å². The molecule has 0 aliphatic carbocycles. The summed E-state index contributed by atoms with van der Waals surface area (Å²) in [6.07, 6.45) is 2.33. The molecule has 0 bridgehead atoms. The van der Waals surface area contributed by atoms with E-state index < -0.39 is 0 Å². The first-order valence-corrected chi connectivity index (χ1v) is 7.19. The fourth-order valence-corrected chi connectivity index (χ4v) is 2.23. The Morgan fingerprint density at radius 1 is 1.29 bits per heavy atom. The zero-order valence-electron chi connectivity index (χ0n) is 12.3. The van der Waals surface area contributed by atoms with E-state index in [1.165, 1.54) is 0 Å². The molecule has 0 aromatic carbocycles. The molecule has 8 nitrogen and oxygen atoms in total. The summed E-state index contributed by atoms with van der Waals surface area (Å²) in [5.74, 6) is 1.63.